The summed E-state index contributed by atoms with van der Waals surface area (Å²) in [5.74, 6) is -0.0407. The first-order chi connectivity index (χ1) is 9.38. The second-order valence-corrected chi connectivity index (χ2v) is 5.63. The van der Waals surface area contributed by atoms with Gasteiger partial charge in [-0.15, -0.1) is 0 Å². The Morgan fingerprint density at radius 2 is 1.90 bits per heavy atom. The van der Waals surface area contributed by atoms with E-state index in [0.717, 1.165) is 16.7 Å². The van der Waals surface area contributed by atoms with Gasteiger partial charge in [-0.25, -0.2) is 0 Å². The highest BCUT2D eigenvalue weighted by molar-refractivity contribution is 5.79. The maximum absolute atomic E-state index is 11.1. The Hall–Kier alpha value is -1.81. The fourth-order valence-corrected chi connectivity index (χ4v) is 2.26. The molecule has 1 aromatic heterocycles. The number of hydrogen-bond acceptors (Lipinski definition) is 3. The van der Waals surface area contributed by atoms with Crippen molar-refractivity contribution in [2.45, 2.75) is 40.3 Å². The number of aryl methyl sites for hydroxylation is 2. The van der Waals surface area contributed by atoms with E-state index in [1.807, 2.05) is 26.0 Å². The Morgan fingerprint density at radius 1 is 1.25 bits per heavy atom. The summed E-state index contributed by atoms with van der Waals surface area (Å²) < 4.78 is 5.76. The Bertz CT molecular complexity index is 589. The molecule has 0 aliphatic rings. The van der Waals surface area contributed by atoms with Crippen molar-refractivity contribution in [2.75, 3.05) is 0 Å². The molecule has 0 spiro atoms. The molecule has 1 aromatic carbocycles. The van der Waals surface area contributed by atoms with Crippen LogP contribution in [0.25, 0.3) is 11.0 Å². The first-order valence-electron chi connectivity index (χ1n) is 6.84. The zero-order valence-corrected chi connectivity index (χ0v) is 12.4. The number of hydrogen-bond donors (Lipinski definition) is 2. The molecule has 4 nitrogen and oxygen atoms in total. The fourth-order valence-electron chi connectivity index (χ4n) is 2.26. The van der Waals surface area contributed by atoms with Crippen molar-refractivity contribution in [2.24, 2.45) is 5.92 Å². The number of nitrogens with one attached hydrogen (secondary N) is 1. The third kappa shape index (κ3) is 3.02. The average molecular weight is 275 g/mol. The Labute approximate surface area is 118 Å². The molecule has 20 heavy (non-hydrogen) atoms. The molecule has 1 heterocycles. The van der Waals surface area contributed by atoms with Gasteiger partial charge in [-0.2, -0.15) is 0 Å². The minimum Gasteiger partial charge on any atom is -0.480 e. The van der Waals surface area contributed by atoms with Crippen molar-refractivity contribution in [3.05, 3.63) is 35.1 Å². The predicted molar refractivity (Wildman–Crippen MR) is 78.8 cm³/mol. The van der Waals surface area contributed by atoms with E-state index in [0.29, 0.717) is 6.54 Å². The molecule has 0 unspecified atom stereocenters. The van der Waals surface area contributed by atoms with Gasteiger partial charge < -0.3 is 9.52 Å². The Balaban J connectivity index is 2.16. The lowest BCUT2D eigenvalue weighted by molar-refractivity contribution is -0.140. The molecule has 0 amide bonds. The summed E-state index contributed by atoms with van der Waals surface area (Å²) in [5, 5.41) is 13.2. The molecule has 2 aromatic rings. The van der Waals surface area contributed by atoms with Crippen LogP contribution in [0.3, 0.4) is 0 Å². The largest absolute Gasteiger partial charge is 0.480 e. The van der Waals surface area contributed by atoms with Gasteiger partial charge in [0.05, 0.1) is 6.54 Å². The van der Waals surface area contributed by atoms with Crippen molar-refractivity contribution < 1.29 is 14.3 Å². The Kier molecular flexibility index (Phi) is 4.14. The lowest BCUT2D eigenvalue weighted by Crippen LogP contribution is -2.40. The molecule has 0 fully saturated rings. The molecule has 1 atom stereocenters. The number of carbonyl (C=O) groups is 1. The molecule has 0 radical (unpaired) electrons. The molecule has 0 saturated heterocycles. The van der Waals surface area contributed by atoms with Gasteiger partial charge in [0.1, 0.15) is 17.4 Å². The van der Waals surface area contributed by atoms with Gasteiger partial charge in [-0.05, 0) is 49.1 Å². The lowest BCUT2D eigenvalue weighted by atomic mass is 10.0. The summed E-state index contributed by atoms with van der Waals surface area (Å²) in [7, 11) is 0. The molecular weight excluding hydrogens is 254 g/mol. The van der Waals surface area contributed by atoms with Gasteiger partial charge in [-0.3, -0.25) is 10.1 Å². The van der Waals surface area contributed by atoms with Gasteiger partial charge >= 0.3 is 5.97 Å². The monoisotopic (exact) mass is 275 g/mol. The number of benzene rings is 1. The minimum absolute atomic E-state index is 0.0290. The number of furan rings is 1. The van der Waals surface area contributed by atoms with Gasteiger partial charge in [0.2, 0.25) is 0 Å². The number of fused-ring (bicyclic) bond motifs is 1. The summed E-state index contributed by atoms with van der Waals surface area (Å²) in [6.45, 7) is 8.31. The second-order valence-electron chi connectivity index (χ2n) is 5.63. The van der Waals surface area contributed by atoms with E-state index in [-0.39, 0.29) is 5.92 Å². The van der Waals surface area contributed by atoms with Crippen LogP contribution in [0.4, 0.5) is 0 Å². The third-order valence-corrected chi connectivity index (χ3v) is 3.61. The van der Waals surface area contributed by atoms with Crippen LogP contribution in [0.1, 0.15) is 30.7 Å². The van der Waals surface area contributed by atoms with Crippen LogP contribution in [-0.4, -0.2) is 17.1 Å². The summed E-state index contributed by atoms with van der Waals surface area (Å²) in [4.78, 5) is 11.1. The van der Waals surface area contributed by atoms with Crippen LogP contribution >= 0.6 is 0 Å². The molecule has 108 valence electrons. The molecule has 4 heteroatoms. The van der Waals surface area contributed by atoms with Crippen LogP contribution in [0.15, 0.2) is 22.6 Å². The molecule has 0 saturated carbocycles. The van der Waals surface area contributed by atoms with E-state index in [1.165, 1.54) is 11.1 Å². The van der Waals surface area contributed by atoms with E-state index in [4.69, 9.17) is 9.52 Å². The van der Waals surface area contributed by atoms with Crippen molar-refractivity contribution in [3.63, 3.8) is 0 Å². The fraction of sp³-hybridized carbons (Fsp3) is 0.438. The zero-order chi connectivity index (χ0) is 14.9. The van der Waals surface area contributed by atoms with Gasteiger partial charge in [0.15, 0.2) is 0 Å². The number of rotatable bonds is 5. The smallest absolute Gasteiger partial charge is 0.320 e. The zero-order valence-electron chi connectivity index (χ0n) is 12.4. The van der Waals surface area contributed by atoms with Gasteiger partial charge in [0.25, 0.3) is 0 Å². The maximum atomic E-state index is 11.1. The third-order valence-electron chi connectivity index (χ3n) is 3.61. The number of aliphatic carboxylic acids is 1. The summed E-state index contributed by atoms with van der Waals surface area (Å²) in [5.41, 5.74) is 3.27. The van der Waals surface area contributed by atoms with Crippen molar-refractivity contribution >= 4 is 16.9 Å². The van der Waals surface area contributed by atoms with E-state index in [1.54, 1.807) is 0 Å². The van der Waals surface area contributed by atoms with Crippen molar-refractivity contribution in [1.82, 2.24) is 5.32 Å². The van der Waals surface area contributed by atoms with Crippen LogP contribution in [0.2, 0.25) is 0 Å². The minimum atomic E-state index is -0.831. The van der Waals surface area contributed by atoms with Crippen LogP contribution in [-0.2, 0) is 11.3 Å². The first kappa shape index (κ1) is 14.6. The highest BCUT2D eigenvalue weighted by atomic mass is 16.4. The molecule has 0 bridgehead atoms. The molecule has 2 rings (SSSR count). The van der Waals surface area contributed by atoms with Crippen LogP contribution < -0.4 is 5.32 Å². The summed E-state index contributed by atoms with van der Waals surface area (Å²) in [6.07, 6.45) is 0. The number of carboxylic acid groups (broad SMARTS) is 1. The number of carboxylic acids is 1. The van der Waals surface area contributed by atoms with E-state index in [2.05, 4.69) is 25.2 Å². The van der Waals surface area contributed by atoms with E-state index < -0.39 is 12.0 Å². The molecule has 0 aliphatic carbocycles. The SMILES string of the molecule is Cc1cc2cc(CN[C@H](C(=O)O)C(C)C)oc2cc1C. The predicted octanol–water partition coefficient (Wildman–Crippen LogP) is 3.25. The van der Waals surface area contributed by atoms with E-state index in [9.17, 15) is 4.79 Å². The topological polar surface area (TPSA) is 62.5 Å². The molecule has 2 N–H and O–H groups in total. The standard InChI is InChI=1S/C16H21NO3/c1-9(2)15(16(18)19)17-8-13-7-12-5-10(3)11(4)6-14(12)20-13/h5-7,9,15,17H,8H2,1-4H3,(H,18,19)/t15-/m0/s1. The Morgan fingerprint density at radius 3 is 2.50 bits per heavy atom. The van der Waals surface area contributed by atoms with Gasteiger partial charge in [0, 0.05) is 5.39 Å². The average Bonchev–Trinajstić information content (AvgIpc) is 2.70. The van der Waals surface area contributed by atoms with Crippen LogP contribution in [0, 0.1) is 19.8 Å². The van der Waals surface area contributed by atoms with Crippen LogP contribution in [0.5, 0.6) is 0 Å². The molecular formula is C16H21NO3. The summed E-state index contributed by atoms with van der Waals surface area (Å²) >= 11 is 0. The highest BCUT2D eigenvalue weighted by Crippen LogP contribution is 2.23. The first-order valence-corrected chi connectivity index (χ1v) is 6.84. The summed E-state index contributed by atoms with van der Waals surface area (Å²) in [6, 6.07) is 5.51. The normalized spacial score (nSPS) is 13.1. The lowest BCUT2D eigenvalue weighted by Gasteiger charge is -2.16. The quantitative estimate of drug-likeness (QED) is 0.879. The highest BCUT2D eigenvalue weighted by Gasteiger charge is 2.21. The van der Waals surface area contributed by atoms with E-state index >= 15 is 0 Å². The van der Waals surface area contributed by atoms with Crippen molar-refractivity contribution in [1.29, 1.82) is 0 Å². The maximum Gasteiger partial charge on any atom is 0.320 e. The van der Waals surface area contributed by atoms with Crippen molar-refractivity contribution in [3.8, 4) is 0 Å². The molecule has 0 aliphatic heterocycles. The van der Waals surface area contributed by atoms with Gasteiger partial charge in [-0.1, -0.05) is 13.8 Å². The second kappa shape index (κ2) is 5.67.